The minimum absolute atomic E-state index is 0.118. The topological polar surface area (TPSA) is 52.0 Å². The summed E-state index contributed by atoms with van der Waals surface area (Å²) in [7, 11) is 0. The number of halogens is 2. The maximum atomic E-state index is 12.0. The molecular weight excluding hydrogens is 275 g/mol. The van der Waals surface area contributed by atoms with Gasteiger partial charge in [-0.05, 0) is 18.2 Å². The number of hydrogen-bond acceptors (Lipinski definition) is 3. The molecule has 0 aliphatic heterocycles. The van der Waals surface area contributed by atoms with E-state index in [2.05, 4.69) is 4.98 Å². The SMILES string of the molecule is O=C(Cn1cnccc1=O)c1cc(Cl)ccc1Cl. The van der Waals surface area contributed by atoms with Crippen LogP contribution in [0.4, 0.5) is 0 Å². The van der Waals surface area contributed by atoms with Crippen LogP contribution < -0.4 is 5.56 Å². The molecule has 0 amide bonds. The van der Waals surface area contributed by atoms with Crippen LogP contribution in [0.2, 0.25) is 10.0 Å². The molecule has 0 bridgehead atoms. The van der Waals surface area contributed by atoms with Gasteiger partial charge in [-0.25, -0.2) is 4.98 Å². The molecule has 1 aromatic heterocycles. The first-order valence-corrected chi connectivity index (χ1v) is 5.82. The Morgan fingerprint density at radius 2 is 2.06 bits per heavy atom. The lowest BCUT2D eigenvalue weighted by Gasteiger charge is -2.06. The largest absolute Gasteiger partial charge is 0.292 e. The van der Waals surface area contributed by atoms with Gasteiger partial charge in [-0.2, -0.15) is 0 Å². The Morgan fingerprint density at radius 3 is 2.78 bits per heavy atom. The van der Waals surface area contributed by atoms with Crippen LogP contribution >= 0.6 is 23.2 Å². The third kappa shape index (κ3) is 2.78. The molecule has 0 unspecified atom stereocenters. The number of Topliss-reactive ketones (excluding diaryl/α,β-unsaturated/α-hetero) is 1. The van der Waals surface area contributed by atoms with Gasteiger partial charge in [0.25, 0.3) is 5.56 Å². The molecule has 0 saturated carbocycles. The van der Waals surface area contributed by atoms with E-state index in [9.17, 15) is 9.59 Å². The number of benzene rings is 1. The van der Waals surface area contributed by atoms with Gasteiger partial charge in [-0.15, -0.1) is 0 Å². The maximum Gasteiger partial charge on any atom is 0.253 e. The number of ketones is 1. The van der Waals surface area contributed by atoms with Gasteiger partial charge in [-0.1, -0.05) is 23.2 Å². The number of carbonyl (C=O) groups excluding carboxylic acids is 1. The van der Waals surface area contributed by atoms with E-state index in [1.807, 2.05) is 0 Å². The Kier molecular flexibility index (Phi) is 3.79. The van der Waals surface area contributed by atoms with Gasteiger partial charge in [0.2, 0.25) is 0 Å². The van der Waals surface area contributed by atoms with Crippen molar-refractivity contribution in [3.8, 4) is 0 Å². The van der Waals surface area contributed by atoms with Crippen molar-refractivity contribution in [2.75, 3.05) is 0 Å². The second-order valence-corrected chi connectivity index (χ2v) is 4.44. The Balaban J connectivity index is 2.31. The molecule has 2 rings (SSSR count). The third-order valence-corrected chi connectivity index (χ3v) is 2.90. The molecule has 0 atom stereocenters. The van der Waals surface area contributed by atoms with Gasteiger partial charge < -0.3 is 0 Å². The van der Waals surface area contributed by atoms with Crippen molar-refractivity contribution in [2.45, 2.75) is 6.54 Å². The van der Waals surface area contributed by atoms with E-state index in [0.29, 0.717) is 15.6 Å². The summed E-state index contributed by atoms with van der Waals surface area (Å²) in [5.74, 6) is -0.294. The lowest BCUT2D eigenvalue weighted by atomic mass is 10.1. The van der Waals surface area contributed by atoms with Crippen molar-refractivity contribution in [3.05, 3.63) is 62.8 Å². The zero-order valence-corrected chi connectivity index (χ0v) is 10.6. The highest BCUT2D eigenvalue weighted by Gasteiger charge is 2.12. The zero-order chi connectivity index (χ0) is 13.1. The molecule has 1 aromatic carbocycles. The van der Waals surface area contributed by atoms with Crippen LogP contribution in [-0.2, 0) is 6.54 Å². The summed E-state index contributed by atoms with van der Waals surface area (Å²) in [5, 5.41) is 0.725. The number of hydrogen-bond donors (Lipinski definition) is 0. The van der Waals surface area contributed by atoms with Crippen LogP contribution in [0.5, 0.6) is 0 Å². The fourth-order valence-corrected chi connectivity index (χ4v) is 1.84. The van der Waals surface area contributed by atoms with Crippen LogP contribution in [-0.4, -0.2) is 15.3 Å². The molecule has 0 aliphatic carbocycles. The van der Waals surface area contributed by atoms with Gasteiger partial charge in [0.15, 0.2) is 5.78 Å². The van der Waals surface area contributed by atoms with Crippen LogP contribution in [0.3, 0.4) is 0 Å². The third-order valence-electron chi connectivity index (χ3n) is 2.34. The molecule has 0 fully saturated rings. The summed E-state index contributed by atoms with van der Waals surface area (Å²) in [6.45, 7) is -0.118. The quantitative estimate of drug-likeness (QED) is 0.813. The van der Waals surface area contributed by atoms with E-state index in [1.165, 1.54) is 29.2 Å². The molecule has 0 radical (unpaired) electrons. The average Bonchev–Trinajstić information content (AvgIpc) is 2.35. The summed E-state index contributed by atoms with van der Waals surface area (Å²) in [5.41, 5.74) is -0.00331. The average molecular weight is 283 g/mol. The van der Waals surface area contributed by atoms with E-state index in [0.717, 1.165) is 0 Å². The van der Waals surface area contributed by atoms with Crippen molar-refractivity contribution in [2.24, 2.45) is 0 Å². The van der Waals surface area contributed by atoms with E-state index < -0.39 is 0 Å². The second-order valence-electron chi connectivity index (χ2n) is 3.59. The van der Waals surface area contributed by atoms with Gasteiger partial charge in [-0.3, -0.25) is 14.2 Å². The van der Waals surface area contributed by atoms with Gasteiger partial charge >= 0.3 is 0 Å². The summed E-state index contributed by atoms with van der Waals surface area (Å²) in [6, 6.07) is 5.90. The molecule has 92 valence electrons. The fraction of sp³-hybridized carbons (Fsp3) is 0.0833. The normalized spacial score (nSPS) is 10.3. The number of carbonyl (C=O) groups is 1. The highest BCUT2D eigenvalue weighted by atomic mass is 35.5. The highest BCUT2D eigenvalue weighted by molar-refractivity contribution is 6.35. The summed E-state index contributed by atoms with van der Waals surface area (Å²) < 4.78 is 1.21. The van der Waals surface area contributed by atoms with E-state index in [-0.39, 0.29) is 17.9 Å². The van der Waals surface area contributed by atoms with E-state index >= 15 is 0 Å². The van der Waals surface area contributed by atoms with Crippen LogP contribution in [0.25, 0.3) is 0 Å². The van der Waals surface area contributed by atoms with Crippen molar-refractivity contribution in [1.29, 1.82) is 0 Å². The standard InChI is InChI=1S/C12H8Cl2N2O2/c13-8-1-2-10(14)9(5-8)11(17)6-16-7-15-4-3-12(16)18/h1-5,7H,6H2. The summed E-state index contributed by atoms with van der Waals surface area (Å²) in [6.07, 6.45) is 2.67. The molecule has 0 spiro atoms. The molecule has 6 heteroatoms. The lowest BCUT2D eigenvalue weighted by molar-refractivity contribution is 0.0970. The van der Waals surface area contributed by atoms with Crippen LogP contribution in [0.1, 0.15) is 10.4 Å². The Bertz CT molecular complexity index is 653. The first-order chi connectivity index (χ1) is 8.58. The van der Waals surface area contributed by atoms with E-state index in [1.54, 1.807) is 12.1 Å². The molecule has 0 saturated heterocycles. The molecule has 1 heterocycles. The Labute approximate surface area is 113 Å². The Morgan fingerprint density at radius 1 is 1.28 bits per heavy atom. The summed E-state index contributed by atoms with van der Waals surface area (Å²) in [4.78, 5) is 27.2. The number of nitrogens with zero attached hydrogens (tertiary/aromatic N) is 2. The fourth-order valence-electron chi connectivity index (χ4n) is 1.45. The molecular formula is C12H8Cl2N2O2. The lowest BCUT2D eigenvalue weighted by Crippen LogP contribution is -2.23. The molecule has 0 aliphatic rings. The zero-order valence-electron chi connectivity index (χ0n) is 9.14. The predicted molar refractivity (Wildman–Crippen MR) is 69.3 cm³/mol. The monoisotopic (exact) mass is 282 g/mol. The smallest absolute Gasteiger partial charge is 0.253 e. The minimum atomic E-state index is -0.295. The van der Waals surface area contributed by atoms with Gasteiger partial charge in [0.05, 0.1) is 17.9 Å². The van der Waals surface area contributed by atoms with Crippen molar-refractivity contribution >= 4 is 29.0 Å². The molecule has 2 aromatic rings. The Hall–Kier alpha value is -1.65. The van der Waals surface area contributed by atoms with Crippen molar-refractivity contribution < 1.29 is 4.79 Å². The van der Waals surface area contributed by atoms with E-state index in [4.69, 9.17) is 23.2 Å². The van der Waals surface area contributed by atoms with Gasteiger partial charge in [0.1, 0.15) is 0 Å². The number of rotatable bonds is 3. The molecule has 4 nitrogen and oxygen atoms in total. The first-order valence-electron chi connectivity index (χ1n) is 5.06. The van der Waals surface area contributed by atoms with Gasteiger partial charge in [0, 0.05) is 22.8 Å². The minimum Gasteiger partial charge on any atom is -0.292 e. The molecule has 0 N–H and O–H groups in total. The predicted octanol–water partition coefficient (Wildman–Crippen LogP) is 2.43. The van der Waals surface area contributed by atoms with Crippen molar-refractivity contribution in [3.63, 3.8) is 0 Å². The van der Waals surface area contributed by atoms with Crippen LogP contribution in [0.15, 0.2) is 41.6 Å². The highest BCUT2D eigenvalue weighted by Crippen LogP contribution is 2.21. The maximum absolute atomic E-state index is 12.0. The van der Waals surface area contributed by atoms with Crippen molar-refractivity contribution in [1.82, 2.24) is 9.55 Å². The van der Waals surface area contributed by atoms with Crippen LogP contribution in [0, 0.1) is 0 Å². The molecule has 18 heavy (non-hydrogen) atoms. The summed E-state index contributed by atoms with van der Waals surface area (Å²) >= 11 is 11.7. The first kappa shape index (κ1) is 12.8. The number of aromatic nitrogens is 2. The second kappa shape index (κ2) is 5.33.